The quantitative estimate of drug-likeness (QED) is 0.491. The van der Waals surface area contributed by atoms with Crippen molar-refractivity contribution in [3.8, 4) is 0 Å². The van der Waals surface area contributed by atoms with Crippen molar-refractivity contribution < 1.29 is 22.5 Å². The zero-order valence-corrected chi connectivity index (χ0v) is 9.05. The molecule has 0 aliphatic rings. The molecule has 0 aromatic carbocycles. The van der Waals surface area contributed by atoms with Gasteiger partial charge in [-0.05, 0) is 12.8 Å². The van der Waals surface area contributed by atoms with Gasteiger partial charge in [-0.2, -0.15) is 8.42 Å². The molecule has 0 aliphatic heterocycles. The van der Waals surface area contributed by atoms with Crippen LogP contribution in [-0.4, -0.2) is 32.4 Å². The van der Waals surface area contributed by atoms with Crippen molar-refractivity contribution in [2.24, 2.45) is 0 Å². The standard InChI is InChI=1S/C8H16O5S/c1-14(11,12)13-7-5-3-2-4-6-8(9)10/h2-7H2,1H3,(H,9,10). The Morgan fingerprint density at radius 2 is 1.79 bits per heavy atom. The minimum atomic E-state index is -3.32. The van der Waals surface area contributed by atoms with E-state index < -0.39 is 16.1 Å². The third-order valence-electron chi connectivity index (χ3n) is 1.58. The van der Waals surface area contributed by atoms with Crippen LogP contribution >= 0.6 is 0 Å². The molecule has 0 spiro atoms. The van der Waals surface area contributed by atoms with Gasteiger partial charge in [0.1, 0.15) is 0 Å². The molecule has 0 saturated carbocycles. The van der Waals surface area contributed by atoms with Crippen LogP contribution in [0.5, 0.6) is 0 Å². The molecule has 84 valence electrons. The van der Waals surface area contributed by atoms with Crippen molar-refractivity contribution >= 4 is 16.1 Å². The maximum atomic E-state index is 10.5. The summed E-state index contributed by atoms with van der Waals surface area (Å²) in [6.45, 7) is 0.186. The Hall–Kier alpha value is -0.620. The van der Waals surface area contributed by atoms with Crippen LogP contribution in [0.15, 0.2) is 0 Å². The van der Waals surface area contributed by atoms with E-state index in [4.69, 9.17) is 5.11 Å². The summed E-state index contributed by atoms with van der Waals surface area (Å²) in [5, 5.41) is 8.32. The molecule has 1 N–H and O–H groups in total. The van der Waals surface area contributed by atoms with Gasteiger partial charge >= 0.3 is 5.97 Å². The second-order valence-electron chi connectivity index (χ2n) is 3.08. The zero-order chi connectivity index (χ0) is 11.0. The highest BCUT2D eigenvalue weighted by molar-refractivity contribution is 7.85. The van der Waals surface area contributed by atoms with Gasteiger partial charge in [0.25, 0.3) is 10.1 Å². The summed E-state index contributed by atoms with van der Waals surface area (Å²) < 4.78 is 25.5. The number of hydrogen-bond donors (Lipinski definition) is 1. The van der Waals surface area contributed by atoms with E-state index in [9.17, 15) is 13.2 Å². The lowest BCUT2D eigenvalue weighted by Crippen LogP contribution is -2.04. The lowest BCUT2D eigenvalue weighted by Gasteiger charge is -2.00. The van der Waals surface area contributed by atoms with Gasteiger partial charge in [-0.15, -0.1) is 0 Å². The number of hydrogen-bond acceptors (Lipinski definition) is 4. The van der Waals surface area contributed by atoms with E-state index in [0.717, 1.165) is 19.1 Å². The highest BCUT2D eigenvalue weighted by Gasteiger charge is 2.00. The van der Waals surface area contributed by atoms with E-state index in [1.807, 2.05) is 0 Å². The molecule has 5 nitrogen and oxygen atoms in total. The lowest BCUT2D eigenvalue weighted by atomic mass is 10.1. The van der Waals surface area contributed by atoms with Crippen molar-refractivity contribution in [3.05, 3.63) is 0 Å². The van der Waals surface area contributed by atoms with E-state index in [-0.39, 0.29) is 13.0 Å². The molecule has 0 aliphatic carbocycles. The average molecular weight is 224 g/mol. The Balaban J connectivity index is 3.19. The molecule has 0 unspecified atom stereocenters. The van der Waals surface area contributed by atoms with Gasteiger partial charge in [0.15, 0.2) is 0 Å². The Bertz CT molecular complexity index is 257. The van der Waals surface area contributed by atoms with Crippen LogP contribution in [-0.2, 0) is 19.1 Å². The van der Waals surface area contributed by atoms with Gasteiger partial charge in [0, 0.05) is 6.42 Å². The average Bonchev–Trinajstić information content (AvgIpc) is 2.00. The maximum absolute atomic E-state index is 10.5. The Morgan fingerprint density at radius 3 is 2.29 bits per heavy atom. The summed E-state index contributed by atoms with van der Waals surface area (Å²) in [6, 6.07) is 0. The normalized spacial score (nSPS) is 11.5. The number of carbonyl (C=O) groups is 1. The first-order valence-corrected chi connectivity index (χ1v) is 6.29. The first-order chi connectivity index (χ1) is 6.42. The molecule has 0 rings (SSSR count). The van der Waals surface area contributed by atoms with Crippen molar-refractivity contribution in [1.29, 1.82) is 0 Å². The smallest absolute Gasteiger partial charge is 0.303 e. The monoisotopic (exact) mass is 224 g/mol. The summed E-state index contributed by atoms with van der Waals surface area (Å²) in [5.74, 6) is -0.794. The molecule has 0 atom stereocenters. The van der Waals surface area contributed by atoms with Gasteiger partial charge in [-0.3, -0.25) is 8.98 Å². The first-order valence-electron chi connectivity index (χ1n) is 4.48. The Kier molecular flexibility index (Phi) is 6.48. The summed E-state index contributed by atoms with van der Waals surface area (Å²) in [4.78, 5) is 10.1. The number of carboxylic acids is 1. The van der Waals surface area contributed by atoms with E-state index in [1.54, 1.807) is 0 Å². The molecule has 0 saturated heterocycles. The molecule has 0 radical (unpaired) electrons. The SMILES string of the molecule is CS(=O)(=O)OCCCCCCC(=O)O. The topological polar surface area (TPSA) is 80.7 Å². The number of carboxylic acid groups (broad SMARTS) is 1. The van der Waals surface area contributed by atoms with Gasteiger partial charge in [-0.25, -0.2) is 0 Å². The van der Waals surface area contributed by atoms with Crippen molar-refractivity contribution in [3.63, 3.8) is 0 Å². The highest BCUT2D eigenvalue weighted by Crippen LogP contribution is 2.03. The second-order valence-corrected chi connectivity index (χ2v) is 4.73. The minimum Gasteiger partial charge on any atom is -0.481 e. The highest BCUT2D eigenvalue weighted by atomic mass is 32.2. The van der Waals surface area contributed by atoms with Crippen molar-refractivity contribution in [1.82, 2.24) is 0 Å². The van der Waals surface area contributed by atoms with Crippen LogP contribution in [0.4, 0.5) is 0 Å². The molecule has 0 heterocycles. The molecule has 0 aromatic rings. The molecular formula is C8H16O5S. The number of aliphatic carboxylic acids is 1. The van der Waals surface area contributed by atoms with Crippen molar-refractivity contribution in [2.75, 3.05) is 12.9 Å². The largest absolute Gasteiger partial charge is 0.481 e. The molecule has 0 fully saturated rings. The first kappa shape index (κ1) is 13.4. The minimum absolute atomic E-state index is 0.174. The Labute approximate surface area is 84.2 Å². The van der Waals surface area contributed by atoms with E-state index in [0.29, 0.717) is 12.8 Å². The van der Waals surface area contributed by atoms with Gasteiger partial charge < -0.3 is 5.11 Å². The van der Waals surface area contributed by atoms with Gasteiger partial charge in [-0.1, -0.05) is 12.8 Å². The fourth-order valence-corrected chi connectivity index (χ4v) is 1.36. The third kappa shape index (κ3) is 11.4. The van der Waals surface area contributed by atoms with Crippen LogP contribution in [0, 0.1) is 0 Å². The van der Waals surface area contributed by atoms with Crippen LogP contribution in [0.3, 0.4) is 0 Å². The van der Waals surface area contributed by atoms with E-state index >= 15 is 0 Å². The van der Waals surface area contributed by atoms with Crippen LogP contribution in [0.25, 0.3) is 0 Å². The molecule has 0 amide bonds. The predicted octanol–water partition coefficient (Wildman–Crippen LogP) is 0.998. The van der Waals surface area contributed by atoms with Crippen LogP contribution < -0.4 is 0 Å². The van der Waals surface area contributed by atoms with Gasteiger partial charge in [0.2, 0.25) is 0 Å². The van der Waals surface area contributed by atoms with Crippen molar-refractivity contribution in [2.45, 2.75) is 32.1 Å². The zero-order valence-electron chi connectivity index (χ0n) is 8.23. The predicted molar refractivity (Wildman–Crippen MR) is 51.5 cm³/mol. The fourth-order valence-electron chi connectivity index (χ4n) is 0.942. The summed E-state index contributed by atoms with van der Waals surface area (Å²) in [5.41, 5.74) is 0. The molecule has 0 bridgehead atoms. The van der Waals surface area contributed by atoms with E-state index in [2.05, 4.69) is 4.18 Å². The molecule has 14 heavy (non-hydrogen) atoms. The summed E-state index contributed by atoms with van der Waals surface area (Å²) >= 11 is 0. The van der Waals surface area contributed by atoms with E-state index in [1.165, 1.54) is 0 Å². The summed E-state index contributed by atoms with van der Waals surface area (Å²) in [7, 11) is -3.32. The lowest BCUT2D eigenvalue weighted by molar-refractivity contribution is -0.137. The second kappa shape index (κ2) is 6.78. The number of rotatable bonds is 8. The summed E-state index contributed by atoms with van der Waals surface area (Å²) in [6.07, 6.45) is 4.05. The molecular weight excluding hydrogens is 208 g/mol. The van der Waals surface area contributed by atoms with Crippen LogP contribution in [0.2, 0.25) is 0 Å². The third-order valence-corrected chi connectivity index (χ3v) is 2.18. The fraction of sp³-hybridized carbons (Fsp3) is 0.875. The number of unbranched alkanes of at least 4 members (excludes halogenated alkanes) is 3. The van der Waals surface area contributed by atoms with Gasteiger partial charge in [0.05, 0.1) is 12.9 Å². The molecule has 6 heteroatoms. The Morgan fingerprint density at radius 1 is 1.21 bits per heavy atom. The molecule has 0 aromatic heterocycles. The maximum Gasteiger partial charge on any atom is 0.303 e. The van der Waals surface area contributed by atoms with Crippen LogP contribution in [0.1, 0.15) is 32.1 Å².